The normalized spacial score (nSPS) is 18.1. The second-order valence-electron chi connectivity index (χ2n) is 7.69. The van der Waals surface area contributed by atoms with E-state index in [1.54, 1.807) is 13.8 Å². The molecule has 0 bridgehead atoms. The Hall–Kier alpha value is -0.995. The van der Waals surface area contributed by atoms with Gasteiger partial charge in [-0.1, -0.05) is 17.6 Å². The molecule has 0 spiro atoms. The first-order chi connectivity index (χ1) is 10.3. The minimum atomic E-state index is -0.886. The average Bonchev–Trinajstić information content (AvgIpc) is 2.45. The minimum Gasteiger partial charge on any atom is -0.427 e. The van der Waals surface area contributed by atoms with Crippen molar-refractivity contribution in [3.8, 4) is 0 Å². The van der Waals surface area contributed by atoms with Gasteiger partial charge < -0.3 is 14.7 Å². The summed E-state index contributed by atoms with van der Waals surface area (Å²) in [6.45, 7) is 9.82. The smallest absolute Gasteiger partial charge is 0.330 e. The van der Waals surface area contributed by atoms with Crippen molar-refractivity contribution in [3.63, 3.8) is 0 Å². The molecule has 2 heterocycles. The summed E-state index contributed by atoms with van der Waals surface area (Å²) < 4.78 is 5.93. The van der Waals surface area contributed by atoms with Crippen LogP contribution in [0.3, 0.4) is 0 Å². The Balaban J connectivity index is 1.82. The van der Waals surface area contributed by atoms with Gasteiger partial charge in [-0.25, -0.2) is 0 Å². The SMILES string of the molecule is CC(C)(O)C(C)(C)O[B]c1cc2c3c(c1)CCCN3CCC2. The van der Waals surface area contributed by atoms with Gasteiger partial charge in [0.2, 0.25) is 0 Å². The summed E-state index contributed by atoms with van der Waals surface area (Å²) in [6, 6.07) is 4.52. The van der Waals surface area contributed by atoms with Crippen LogP contribution >= 0.6 is 0 Å². The van der Waals surface area contributed by atoms with E-state index in [0.29, 0.717) is 0 Å². The van der Waals surface area contributed by atoms with Crippen LogP contribution in [0.15, 0.2) is 12.1 Å². The van der Waals surface area contributed by atoms with E-state index < -0.39 is 11.2 Å². The van der Waals surface area contributed by atoms with Gasteiger partial charge in [0, 0.05) is 18.8 Å². The lowest BCUT2D eigenvalue weighted by Gasteiger charge is -2.38. The Morgan fingerprint density at radius 3 is 2.09 bits per heavy atom. The number of aliphatic hydroxyl groups is 1. The van der Waals surface area contributed by atoms with Gasteiger partial charge in [0.15, 0.2) is 0 Å². The van der Waals surface area contributed by atoms with E-state index in [9.17, 15) is 5.11 Å². The highest BCUT2D eigenvalue weighted by molar-refractivity contribution is 6.47. The molecule has 0 saturated carbocycles. The molecule has 0 amide bonds. The van der Waals surface area contributed by atoms with Gasteiger partial charge in [-0.2, -0.15) is 0 Å². The third kappa shape index (κ3) is 2.91. The second kappa shape index (κ2) is 5.57. The fraction of sp³-hybridized carbons (Fsp3) is 0.667. The molecule has 22 heavy (non-hydrogen) atoms. The molecular formula is C18H27BNO2. The molecule has 1 aromatic carbocycles. The summed E-state index contributed by atoms with van der Waals surface area (Å²) in [7, 11) is 1.82. The zero-order valence-electron chi connectivity index (χ0n) is 14.3. The number of hydrogen-bond donors (Lipinski definition) is 1. The lowest BCUT2D eigenvalue weighted by atomic mass is 9.79. The van der Waals surface area contributed by atoms with Crippen molar-refractivity contribution < 1.29 is 9.76 Å². The molecule has 0 atom stereocenters. The van der Waals surface area contributed by atoms with E-state index in [1.807, 2.05) is 21.3 Å². The minimum absolute atomic E-state index is 0.619. The largest absolute Gasteiger partial charge is 0.427 e. The van der Waals surface area contributed by atoms with Crippen molar-refractivity contribution >= 4 is 18.6 Å². The Morgan fingerprint density at radius 2 is 1.59 bits per heavy atom. The maximum atomic E-state index is 10.2. The van der Waals surface area contributed by atoms with E-state index in [-0.39, 0.29) is 0 Å². The molecule has 1 aromatic rings. The van der Waals surface area contributed by atoms with Crippen molar-refractivity contribution in [2.24, 2.45) is 0 Å². The Morgan fingerprint density at radius 1 is 1.05 bits per heavy atom. The van der Waals surface area contributed by atoms with Crippen molar-refractivity contribution in [3.05, 3.63) is 23.3 Å². The third-order valence-corrected chi connectivity index (χ3v) is 5.32. The molecule has 119 valence electrons. The van der Waals surface area contributed by atoms with Gasteiger partial charge in [0.1, 0.15) is 0 Å². The third-order valence-electron chi connectivity index (χ3n) is 5.32. The van der Waals surface area contributed by atoms with Crippen LogP contribution in [0.4, 0.5) is 5.69 Å². The van der Waals surface area contributed by atoms with E-state index in [0.717, 1.165) is 18.3 Å². The summed E-state index contributed by atoms with van der Waals surface area (Å²) in [4.78, 5) is 2.54. The summed E-state index contributed by atoms with van der Waals surface area (Å²) in [5, 5.41) is 10.2. The molecule has 3 rings (SSSR count). The van der Waals surface area contributed by atoms with Crippen LogP contribution in [0.1, 0.15) is 51.7 Å². The molecule has 4 heteroatoms. The highest BCUT2D eigenvalue weighted by atomic mass is 16.5. The number of benzene rings is 1. The van der Waals surface area contributed by atoms with Gasteiger partial charge in [-0.3, -0.25) is 0 Å². The topological polar surface area (TPSA) is 32.7 Å². The van der Waals surface area contributed by atoms with E-state index in [1.165, 1.54) is 42.7 Å². The van der Waals surface area contributed by atoms with Crippen LogP contribution in [-0.2, 0) is 17.5 Å². The zero-order chi connectivity index (χ0) is 16.0. The standard InChI is InChI=1S/C18H27BNO2/c1-17(2,21)18(3,4)22-19-15-11-13-7-5-9-20-10-6-8-14(12-15)16(13)20/h11-12,21H,5-10H2,1-4H3. The van der Waals surface area contributed by atoms with Crippen LogP contribution < -0.4 is 10.4 Å². The van der Waals surface area contributed by atoms with Gasteiger partial charge in [-0.15, -0.1) is 0 Å². The molecule has 1 N–H and O–H groups in total. The lowest BCUT2D eigenvalue weighted by molar-refractivity contribution is -0.0893. The molecule has 0 aromatic heterocycles. The van der Waals surface area contributed by atoms with E-state index >= 15 is 0 Å². The molecule has 0 unspecified atom stereocenters. The van der Waals surface area contributed by atoms with Crippen molar-refractivity contribution in [1.29, 1.82) is 0 Å². The molecule has 0 fully saturated rings. The van der Waals surface area contributed by atoms with Gasteiger partial charge in [0.25, 0.3) is 0 Å². The summed E-state index contributed by atoms with van der Waals surface area (Å²) in [5.74, 6) is 0. The van der Waals surface area contributed by atoms with Crippen LogP contribution in [0, 0.1) is 0 Å². The maximum Gasteiger partial charge on any atom is 0.330 e. The van der Waals surface area contributed by atoms with Gasteiger partial charge in [-0.05, 0) is 64.5 Å². The summed E-state index contributed by atoms with van der Waals surface area (Å²) in [5.41, 5.74) is 4.01. The number of nitrogens with zero attached hydrogens (tertiary/aromatic N) is 1. The molecule has 0 aliphatic carbocycles. The monoisotopic (exact) mass is 300 g/mol. The zero-order valence-corrected chi connectivity index (χ0v) is 14.3. The number of anilines is 1. The molecular weight excluding hydrogens is 273 g/mol. The van der Waals surface area contributed by atoms with Gasteiger partial charge >= 0.3 is 7.48 Å². The number of rotatable bonds is 4. The molecule has 1 radical (unpaired) electrons. The first-order valence-corrected chi connectivity index (χ1v) is 8.42. The van der Waals surface area contributed by atoms with Crippen LogP contribution in [0.5, 0.6) is 0 Å². The Bertz CT molecular complexity index is 532. The highest BCUT2D eigenvalue weighted by Crippen LogP contribution is 2.34. The lowest BCUT2D eigenvalue weighted by Crippen LogP contribution is -2.49. The molecule has 0 saturated heterocycles. The van der Waals surface area contributed by atoms with Crippen LogP contribution in [-0.4, -0.2) is 36.9 Å². The summed E-state index contributed by atoms with van der Waals surface area (Å²) in [6.07, 6.45) is 4.81. The van der Waals surface area contributed by atoms with Crippen LogP contribution in [0.25, 0.3) is 0 Å². The summed E-state index contributed by atoms with van der Waals surface area (Å²) >= 11 is 0. The first-order valence-electron chi connectivity index (χ1n) is 8.42. The first kappa shape index (κ1) is 15.9. The van der Waals surface area contributed by atoms with Crippen molar-refractivity contribution in [1.82, 2.24) is 0 Å². The Labute approximate surface area is 134 Å². The van der Waals surface area contributed by atoms with Crippen molar-refractivity contribution in [2.45, 2.75) is 64.6 Å². The number of aryl methyl sites for hydroxylation is 2. The predicted molar refractivity (Wildman–Crippen MR) is 92.1 cm³/mol. The fourth-order valence-corrected chi connectivity index (χ4v) is 3.26. The number of hydrogen-bond acceptors (Lipinski definition) is 3. The molecule has 2 aliphatic heterocycles. The highest BCUT2D eigenvalue weighted by Gasteiger charge is 2.36. The quantitative estimate of drug-likeness (QED) is 0.865. The Kier molecular flexibility index (Phi) is 4.02. The van der Waals surface area contributed by atoms with Gasteiger partial charge in [0.05, 0.1) is 11.2 Å². The predicted octanol–water partition coefficient (Wildman–Crippen LogP) is 2.20. The fourth-order valence-electron chi connectivity index (χ4n) is 3.26. The van der Waals surface area contributed by atoms with Crippen molar-refractivity contribution in [2.75, 3.05) is 18.0 Å². The van der Waals surface area contributed by atoms with E-state index in [2.05, 4.69) is 17.0 Å². The second-order valence-corrected chi connectivity index (χ2v) is 7.69. The van der Waals surface area contributed by atoms with Crippen LogP contribution in [0.2, 0.25) is 0 Å². The average molecular weight is 300 g/mol. The van der Waals surface area contributed by atoms with E-state index in [4.69, 9.17) is 4.65 Å². The maximum absolute atomic E-state index is 10.2. The molecule has 3 nitrogen and oxygen atoms in total. The molecule has 2 aliphatic rings.